The second-order valence-corrected chi connectivity index (χ2v) is 8.35. The van der Waals surface area contributed by atoms with E-state index in [0.717, 1.165) is 22.3 Å². The Morgan fingerprint density at radius 2 is 1.88 bits per heavy atom. The van der Waals surface area contributed by atoms with Crippen molar-refractivity contribution in [1.29, 1.82) is 0 Å². The summed E-state index contributed by atoms with van der Waals surface area (Å²) >= 11 is 6.93. The van der Waals surface area contributed by atoms with E-state index in [-0.39, 0.29) is 31.7 Å². The van der Waals surface area contributed by atoms with E-state index in [1.807, 2.05) is 0 Å². The van der Waals surface area contributed by atoms with Crippen molar-refractivity contribution in [3.8, 4) is 11.5 Å². The summed E-state index contributed by atoms with van der Waals surface area (Å²) in [7, 11) is 0. The van der Waals surface area contributed by atoms with Crippen LogP contribution in [0.4, 0.5) is 18.3 Å². The first-order valence-corrected chi connectivity index (χ1v) is 10.5. The van der Waals surface area contributed by atoms with Crippen LogP contribution in [-0.2, 0) is 6.18 Å². The predicted molar refractivity (Wildman–Crippen MR) is 117 cm³/mol. The second kappa shape index (κ2) is 8.07. The average molecular weight is 507 g/mol. The zero-order valence-corrected chi connectivity index (χ0v) is 18.1. The summed E-state index contributed by atoms with van der Waals surface area (Å²) in [6, 6.07) is 5.73. The summed E-state index contributed by atoms with van der Waals surface area (Å²) in [5.74, 6) is -0.985. The number of hydrogen-bond acceptors (Lipinski definition) is 7. The smallest absolute Gasteiger partial charge is 0.329 e. The number of fused-ring (bicyclic) bond motifs is 1. The van der Waals surface area contributed by atoms with E-state index in [9.17, 15) is 22.8 Å². The molecular weight excluding hydrogens is 497 g/mol. The topological polar surface area (TPSA) is 123 Å². The van der Waals surface area contributed by atoms with Crippen molar-refractivity contribution in [2.75, 3.05) is 5.32 Å². The Kier molecular flexibility index (Phi) is 5.17. The summed E-state index contributed by atoms with van der Waals surface area (Å²) in [6.07, 6.45) is -0.0541. The zero-order chi connectivity index (χ0) is 24.0. The van der Waals surface area contributed by atoms with Crippen LogP contribution in [0.15, 0.2) is 53.8 Å². The van der Waals surface area contributed by atoms with Gasteiger partial charge in [-0.25, -0.2) is 4.68 Å². The highest BCUT2D eigenvalue weighted by Gasteiger charge is 2.41. The highest BCUT2D eigenvalue weighted by atomic mass is 35.5. The number of thiazole rings is 1. The van der Waals surface area contributed by atoms with Crippen molar-refractivity contribution < 1.29 is 18.0 Å². The largest absolute Gasteiger partial charge is 0.434 e. The second-order valence-electron chi connectivity index (χ2n) is 6.75. The SMILES string of the molecule is O=C(Nc1nc(-n2nccn2)c(Cl)s1)c1cnn(-c2cccc3c(=O)[nH]ccc23)c1C(F)(F)F. The summed E-state index contributed by atoms with van der Waals surface area (Å²) in [5, 5.41) is 14.2. The fraction of sp³-hybridized carbons (Fsp3) is 0.0526. The van der Waals surface area contributed by atoms with Crippen LogP contribution in [-0.4, -0.2) is 40.6 Å². The molecule has 5 rings (SSSR count). The molecule has 5 aromatic rings. The Morgan fingerprint density at radius 3 is 2.62 bits per heavy atom. The third-order valence-corrected chi connectivity index (χ3v) is 5.85. The average Bonchev–Trinajstić information content (AvgIpc) is 3.53. The van der Waals surface area contributed by atoms with E-state index in [2.05, 4.69) is 30.6 Å². The van der Waals surface area contributed by atoms with Gasteiger partial charge in [0.15, 0.2) is 10.8 Å². The van der Waals surface area contributed by atoms with Crippen molar-refractivity contribution in [3.63, 3.8) is 0 Å². The van der Waals surface area contributed by atoms with Crippen molar-refractivity contribution in [1.82, 2.24) is 34.7 Å². The van der Waals surface area contributed by atoms with Gasteiger partial charge in [-0.1, -0.05) is 29.0 Å². The van der Waals surface area contributed by atoms with Crippen molar-refractivity contribution in [2.24, 2.45) is 0 Å². The fourth-order valence-corrected chi connectivity index (χ4v) is 4.32. The zero-order valence-electron chi connectivity index (χ0n) is 16.5. The quantitative estimate of drug-likeness (QED) is 0.383. The van der Waals surface area contributed by atoms with E-state index in [4.69, 9.17) is 11.6 Å². The molecule has 172 valence electrons. The Morgan fingerprint density at radius 1 is 1.12 bits per heavy atom. The molecule has 0 unspecified atom stereocenters. The Hall–Kier alpha value is -4.04. The molecule has 0 aliphatic carbocycles. The molecule has 4 heterocycles. The maximum atomic E-state index is 14.1. The Balaban J connectivity index is 1.57. The molecule has 0 bridgehead atoms. The molecule has 15 heteroatoms. The fourth-order valence-electron chi connectivity index (χ4n) is 3.32. The summed E-state index contributed by atoms with van der Waals surface area (Å²) < 4.78 is 43.0. The molecule has 0 aliphatic rings. The number of aromatic amines is 1. The summed E-state index contributed by atoms with van der Waals surface area (Å²) in [4.78, 5) is 32.5. The Bertz CT molecular complexity index is 1590. The third kappa shape index (κ3) is 3.72. The van der Waals surface area contributed by atoms with Crippen LogP contribution in [0, 0.1) is 0 Å². The molecule has 0 spiro atoms. The van der Waals surface area contributed by atoms with Gasteiger partial charge in [-0.05, 0) is 18.2 Å². The molecule has 0 atom stereocenters. The number of rotatable bonds is 4. The minimum Gasteiger partial charge on any atom is -0.329 e. The molecule has 2 N–H and O–H groups in total. The van der Waals surface area contributed by atoms with Gasteiger partial charge < -0.3 is 4.98 Å². The lowest BCUT2D eigenvalue weighted by atomic mass is 10.1. The maximum Gasteiger partial charge on any atom is 0.434 e. The van der Waals surface area contributed by atoms with E-state index in [0.29, 0.717) is 4.68 Å². The van der Waals surface area contributed by atoms with Crippen LogP contribution in [0.1, 0.15) is 16.1 Å². The lowest BCUT2D eigenvalue weighted by molar-refractivity contribution is -0.143. The first-order chi connectivity index (χ1) is 16.2. The standard InChI is InChI=1S/C19H10ClF3N8O2S/c20-14-15(31-25-6-7-26-31)28-18(34-14)29-17(33)11-8-27-30(13(11)19(21,22)23)12-3-1-2-10-9(12)4-5-24-16(10)32/h1-8H,(H,24,32)(H,28,29,33). The van der Waals surface area contributed by atoms with Crippen molar-refractivity contribution in [2.45, 2.75) is 6.18 Å². The van der Waals surface area contributed by atoms with Gasteiger partial charge in [-0.2, -0.15) is 33.5 Å². The van der Waals surface area contributed by atoms with Crippen LogP contribution in [0.5, 0.6) is 0 Å². The lowest BCUT2D eigenvalue weighted by Gasteiger charge is -2.14. The number of nitrogens with zero attached hydrogens (tertiary/aromatic N) is 6. The van der Waals surface area contributed by atoms with Crippen LogP contribution < -0.4 is 10.9 Å². The molecular formula is C19H10ClF3N8O2S. The number of hydrogen-bond donors (Lipinski definition) is 2. The van der Waals surface area contributed by atoms with Gasteiger partial charge in [-0.3, -0.25) is 14.9 Å². The predicted octanol–water partition coefficient (Wildman–Crippen LogP) is 3.68. The highest BCUT2D eigenvalue weighted by molar-refractivity contribution is 7.20. The number of alkyl halides is 3. The van der Waals surface area contributed by atoms with Crippen LogP contribution in [0.3, 0.4) is 0 Å². The molecule has 0 saturated carbocycles. The van der Waals surface area contributed by atoms with E-state index in [1.165, 1.54) is 42.9 Å². The maximum absolute atomic E-state index is 14.1. The van der Waals surface area contributed by atoms with Crippen LogP contribution in [0.25, 0.3) is 22.3 Å². The molecule has 4 aromatic heterocycles. The van der Waals surface area contributed by atoms with E-state index < -0.39 is 28.9 Å². The van der Waals surface area contributed by atoms with Crippen molar-refractivity contribution in [3.05, 3.63) is 75.0 Å². The number of aromatic nitrogens is 7. The number of anilines is 1. The number of benzene rings is 1. The van der Waals surface area contributed by atoms with Crippen LogP contribution >= 0.6 is 22.9 Å². The number of amides is 1. The minimum absolute atomic E-state index is 0.0145. The minimum atomic E-state index is -4.95. The number of carbonyl (C=O) groups is 1. The van der Waals surface area contributed by atoms with Crippen molar-refractivity contribution >= 4 is 44.7 Å². The molecule has 0 radical (unpaired) electrons. The molecule has 0 saturated heterocycles. The van der Waals surface area contributed by atoms with Gasteiger partial charge in [0.1, 0.15) is 4.34 Å². The monoisotopic (exact) mass is 506 g/mol. The van der Waals surface area contributed by atoms with Gasteiger partial charge in [0.2, 0.25) is 5.82 Å². The number of H-pyrrole nitrogens is 1. The molecule has 1 aromatic carbocycles. The van der Waals surface area contributed by atoms with Gasteiger partial charge in [0, 0.05) is 17.0 Å². The van der Waals surface area contributed by atoms with Crippen LogP contribution in [0.2, 0.25) is 4.34 Å². The number of nitrogens with one attached hydrogen (secondary N) is 2. The summed E-state index contributed by atoms with van der Waals surface area (Å²) in [6.45, 7) is 0. The van der Waals surface area contributed by atoms with Gasteiger partial charge in [-0.15, -0.1) is 4.80 Å². The molecule has 34 heavy (non-hydrogen) atoms. The third-order valence-electron chi connectivity index (χ3n) is 4.70. The highest BCUT2D eigenvalue weighted by Crippen LogP contribution is 2.36. The summed E-state index contributed by atoms with van der Waals surface area (Å²) in [5.41, 5.74) is -2.53. The van der Waals surface area contributed by atoms with Gasteiger partial charge in [0.05, 0.1) is 29.8 Å². The number of carbonyl (C=O) groups excluding carboxylic acids is 1. The normalized spacial score (nSPS) is 11.8. The lowest BCUT2D eigenvalue weighted by Crippen LogP contribution is -2.21. The molecule has 1 amide bonds. The number of halogens is 4. The molecule has 0 fully saturated rings. The van der Waals surface area contributed by atoms with Gasteiger partial charge >= 0.3 is 6.18 Å². The first-order valence-electron chi connectivity index (χ1n) is 9.34. The van der Waals surface area contributed by atoms with Gasteiger partial charge in [0.25, 0.3) is 11.5 Å². The molecule has 0 aliphatic heterocycles. The molecule has 10 nitrogen and oxygen atoms in total. The number of pyridine rings is 1. The van der Waals surface area contributed by atoms with E-state index in [1.54, 1.807) is 0 Å². The van der Waals surface area contributed by atoms with E-state index >= 15 is 0 Å². The first kappa shape index (κ1) is 21.8. The Labute approximate surface area is 195 Å².